The van der Waals surface area contributed by atoms with Gasteiger partial charge in [-0.05, 0) is 67.6 Å². The van der Waals surface area contributed by atoms with Gasteiger partial charge in [0.25, 0.3) is 0 Å². The Morgan fingerprint density at radius 1 is 0.300 bits per heavy atom. The lowest BCUT2D eigenvalue weighted by atomic mass is 9.86. The monoisotopic (exact) mass is 638 g/mol. The number of hydrogen-bond donors (Lipinski definition) is 0. The molecule has 0 amide bonds. The first-order chi connectivity index (χ1) is 24.8. The van der Waals surface area contributed by atoms with E-state index in [0.717, 1.165) is 50.1 Å². The van der Waals surface area contributed by atoms with Crippen molar-refractivity contribution in [2.45, 2.75) is 0 Å². The second-order valence-electron chi connectivity index (χ2n) is 12.3. The van der Waals surface area contributed by atoms with Crippen molar-refractivity contribution in [3.8, 4) is 67.5 Å². The third kappa shape index (κ3) is 5.39. The molecule has 0 atom stereocenters. The Bertz CT molecular complexity index is 2580. The standard InChI is InChI=1S/C46H30N4/c1-3-14-31(15-4-1)44-48-45(32-16-5-2-6-17-32)50-46(49-44)34-25-26-41(39-23-10-9-21-37(39)35-19-13-27-47-30-35)43(29-34)42-28-33-18-7-8-20-36(33)38-22-11-12-24-40(38)42/h1-30H. The summed E-state index contributed by atoms with van der Waals surface area (Å²) in [5, 5.41) is 4.83. The molecule has 0 fully saturated rings. The largest absolute Gasteiger partial charge is 0.264 e. The molecule has 0 radical (unpaired) electrons. The van der Waals surface area contributed by atoms with E-state index in [9.17, 15) is 0 Å². The SMILES string of the molecule is c1ccc(-c2nc(-c3ccccc3)nc(-c3ccc(-c4ccccc4-c4cccnc4)c(-c4cc5ccccc5c5ccccc45)c3)n2)cc1. The molecule has 0 saturated carbocycles. The van der Waals surface area contributed by atoms with Crippen LogP contribution in [0.5, 0.6) is 0 Å². The van der Waals surface area contributed by atoms with Crippen LogP contribution in [-0.2, 0) is 0 Å². The minimum atomic E-state index is 0.621. The summed E-state index contributed by atoms with van der Waals surface area (Å²) in [4.78, 5) is 19.6. The number of nitrogens with zero attached hydrogens (tertiary/aromatic N) is 4. The van der Waals surface area contributed by atoms with Crippen LogP contribution in [0.15, 0.2) is 182 Å². The van der Waals surface area contributed by atoms with Crippen molar-refractivity contribution in [1.82, 2.24) is 19.9 Å². The van der Waals surface area contributed by atoms with Gasteiger partial charge in [0.15, 0.2) is 17.5 Å². The van der Waals surface area contributed by atoms with Gasteiger partial charge in [0.05, 0.1) is 0 Å². The molecule has 50 heavy (non-hydrogen) atoms. The maximum atomic E-state index is 5.08. The Kier molecular flexibility index (Phi) is 7.45. The van der Waals surface area contributed by atoms with Gasteiger partial charge in [-0.3, -0.25) is 4.98 Å². The maximum Gasteiger partial charge on any atom is 0.164 e. The zero-order chi connectivity index (χ0) is 33.3. The summed E-state index contributed by atoms with van der Waals surface area (Å²) in [5.74, 6) is 1.90. The van der Waals surface area contributed by atoms with Crippen LogP contribution in [0.25, 0.3) is 89.1 Å². The number of fused-ring (bicyclic) bond motifs is 3. The molecule has 0 N–H and O–H groups in total. The number of rotatable bonds is 6. The smallest absolute Gasteiger partial charge is 0.164 e. The summed E-state index contributed by atoms with van der Waals surface area (Å²) in [6.45, 7) is 0. The molecule has 2 heterocycles. The van der Waals surface area contributed by atoms with E-state index in [4.69, 9.17) is 15.0 Å². The lowest BCUT2D eigenvalue weighted by Crippen LogP contribution is -2.00. The molecule has 4 nitrogen and oxygen atoms in total. The molecule has 0 saturated heterocycles. The highest BCUT2D eigenvalue weighted by atomic mass is 15.0. The summed E-state index contributed by atoms with van der Waals surface area (Å²) in [7, 11) is 0. The van der Waals surface area contributed by atoms with Gasteiger partial charge in [-0.25, -0.2) is 15.0 Å². The van der Waals surface area contributed by atoms with E-state index in [0.29, 0.717) is 17.5 Å². The van der Waals surface area contributed by atoms with Crippen molar-refractivity contribution in [2.75, 3.05) is 0 Å². The van der Waals surface area contributed by atoms with Crippen molar-refractivity contribution in [2.24, 2.45) is 0 Å². The molecule has 0 aliphatic heterocycles. The highest BCUT2D eigenvalue weighted by Gasteiger charge is 2.19. The summed E-state index contributed by atoms with van der Waals surface area (Å²) in [6, 6.07) is 59.2. The van der Waals surface area contributed by atoms with Crippen LogP contribution >= 0.6 is 0 Å². The fraction of sp³-hybridized carbons (Fsp3) is 0. The average molecular weight is 639 g/mol. The quantitative estimate of drug-likeness (QED) is 0.170. The Labute approximate surface area is 290 Å². The van der Waals surface area contributed by atoms with Gasteiger partial charge < -0.3 is 0 Å². The third-order valence-corrected chi connectivity index (χ3v) is 9.23. The van der Waals surface area contributed by atoms with Crippen molar-refractivity contribution in [3.63, 3.8) is 0 Å². The van der Waals surface area contributed by atoms with E-state index in [2.05, 4.69) is 108 Å². The van der Waals surface area contributed by atoms with E-state index in [-0.39, 0.29) is 0 Å². The van der Waals surface area contributed by atoms with E-state index >= 15 is 0 Å². The van der Waals surface area contributed by atoms with Gasteiger partial charge in [-0.1, -0.05) is 152 Å². The van der Waals surface area contributed by atoms with E-state index < -0.39 is 0 Å². The molecule has 0 spiro atoms. The van der Waals surface area contributed by atoms with Crippen molar-refractivity contribution >= 4 is 21.5 Å². The molecule has 7 aromatic carbocycles. The number of aromatic nitrogens is 4. The van der Waals surface area contributed by atoms with Crippen LogP contribution in [-0.4, -0.2) is 19.9 Å². The summed E-state index contributed by atoms with van der Waals surface area (Å²) in [5.41, 5.74) is 9.49. The van der Waals surface area contributed by atoms with Crippen LogP contribution in [0.1, 0.15) is 0 Å². The second-order valence-corrected chi connectivity index (χ2v) is 12.3. The first kappa shape index (κ1) is 29.4. The Balaban J connectivity index is 1.33. The first-order valence-corrected chi connectivity index (χ1v) is 16.7. The minimum absolute atomic E-state index is 0.621. The zero-order valence-electron chi connectivity index (χ0n) is 27.1. The van der Waals surface area contributed by atoms with Gasteiger partial charge in [0, 0.05) is 34.6 Å². The van der Waals surface area contributed by atoms with Crippen LogP contribution in [0, 0.1) is 0 Å². The van der Waals surface area contributed by atoms with Gasteiger partial charge in [0.1, 0.15) is 0 Å². The van der Waals surface area contributed by atoms with Crippen molar-refractivity contribution in [3.05, 3.63) is 182 Å². The molecule has 4 heteroatoms. The number of benzene rings is 7. The fourth-order valence-electron chi connectivity index (χ4n) is 6.85. The predicted octanol–water partition coefficient (Wildman–Crippen LogP) is 11.6. The summed E-state index contributed by atoms with van der Waals surface area (Å²) in [6.07, 6.45) is 3.75. The fourth-order valence-corrected chi connectivity index (χ4v) is 6.85. The first-order valence-electron chi connectivity index (χ1n) is 16.7. The Hall–Kier alpha value is -6.78. The molecule has 0 unspecified atom stereocenters. The molecule has 9 aromatic rings. The number of hydrogen-bond acceptors (Lipinski definition) is 4. The lowest BCUT2D eigenvalue weighted by Gasteiger charge is -2.18. The molecule has 0 bridgehead atoms. The lowest BCUT2D eigenvalue weighted by molar-refractivity contribution is 1.07. The molecular weight excluding hydrogens is 609 g/mol. The summed E-state index contributed by atoms with van der Waals surface area (Å²) < 4.78 is 0. The highest BCUT2D eigenvalue weighted by molar-refractivity contribution is 6.15. The van der Waals surface area contributed by atoms with Gasteiger partial charge in [-0.2, -0.15) is 0 Å². The average Bonchev–Trinajstić information content (AvgIpc) is 3.21. The molecule has 9 rings (SSSR count). The van der Waals surface area contributed by atoms with E-state index in [1.54, 1.807) is 0 Å². The maximum absolute atomic E-state index is 5.08. The highest BCUT2D eigenvalue weighted by Crippen LogP contribution is 2.43. The van der Waals surface area contributed by atoms with E-state index in [1.807, 2.05) is 79.1 Å². The van der Waals surface area contributed by atoms with Crippen LogP contribution in [0.2, 0.25) is 0 Å². The summed E-state index contributed by atoms with van der Waals surface area (Å²) >= 11 is 0. The topological polar surface area (TPSA) is 51.6 Å². The molecule has 0 aliphatic carbocycles. The van der Waals surface area contributed by atoms with Crippen LogP contribution in [0.4, 0.5) is 0 Å². The number of pyridine rings is 1. The molecule has 234 valence electrons. The predicted molar refractivity (Wildman–Crippen MR) is 205 cm³/mol. The molecule has 2 aromatic heterocycles. The zero-order valence-corrected chi connectivity index (χ0v) is 27.1. The Morgan fingerprint density at radius 2 is 0.840 bits per heavy atom. The van der Waals surface area contributed by atoms with Gasteiger partial charge in [-0.15, -0.1) is 0 Å². The minimum Gasteiger partial charge on any atom is -0.264 e. The third-order valence-electron chi connectivity index (χ3n) is 9.23. The molecule has 0 aliphatic rings. The Morgan fingerprint density at radius 3 is 1.52 bits per heavy atom. The molecular formula is C46H30N4. The van der Waals surface area contributed by atoms with Crippen LogP contribution in [0.3, 0.4) is 0 Å². The van der Waals surface area contributed by atoms with Crippen molar-refractivity contribution < 1.29 is 0 Å². The van der Waals surface area contributed by atoms with Crippen molar-refractivity contribution in [1.29, 1.82) is 0 Å². The second kappa shape index (κ2) is 12.7. The normalized spacial score (nSPS) is 11.2. The van der Waals surface area contributed by atoms with Gasteiger partial charge >= 0.3 is 0 Å². The van der Waals surface area contributed by atoms with E-state index in [1.165, 1.54) is 21.5 Å². The van der Waals surface area contributed by atoms with Crippen LogP contribution < -0.4 is 0 Å². The van der Waals surface area contributed by atoms with Gasteiger partial charge in [0.2, 0.25) is 0 Å².